The summed E-state index contributed by atoms with van der Waals surface area (Å²) in [6, 6.07) is 0. The number of nitrogens with zero attached hydrogens (tertiary/aromatic N) is 1. The van der Waals surface area contributed by atoms with Gasteiger partial charge in [-0.05, 0) is 26.9 Å². The predicted octanol–water partition coefficient (Wildman–Crippen LogP) is 2.46. The SMILES string of the molecule is CN(C)C[C@@H]1CCCCC[C@@H](Br)C1=O. The number of alkyl halides is 1. The molecule has 0 amide bonds. The molecule has 0 unspecified atom stereocenters. The van der Waals surface area contributed by atoms with Gasteiger partial charge in [-0.25, -0.2) is 0 Å². The fourth-order valence-electron chi connectivity index (χ4n) is 2.05. The molecule has 0 radical (unpaired) electrons. The van der Waals surface area contributed by atoms with E-state index in [0.29, 0.717) is 5.78 Å². The van der Waals surface area contributed by atoms with Gasteiger partial charge in [0.05, 0.1) is 4.83 Å². The van der Waals surface area contributed by atoms with Gasteiger partial charge >= 0.3 is 0 Å². The quantitative estimate of drug-likeness (QED) is 0.712. The molecule has 0 heterocycles. The Bertz CT molecular complexity index is 194. The zero-order valence-corrected chi connectivity index (χ0v) is 10.7. The van der Waals surface area contributed by atoms with Crippen molar-refractivity contribution < 1.29 is 4.79 Å². The van der Waals surface area contributed by atoms with Gasteiger partial charge in [-0.3, -0.25) is 4.79 Å². The second kappa shape index (κ2) is 5.86. The van der Waals surface area contributed by atoms with E-state index in [0.717, 1.165) is 19.4 Å². The van der Waals surface area contributed by atoms with Crippen LogP contribution in [0.1, 0.15) is 32.1 Å². The minimum atomic E-state index is 0.104. The molecule has 82 valence electrons. The number of Topliss-reactive ketones (excluding diaryl/α,β-unsaturated/α-hetero) is 1. The van der Waals surface area contributed by atoms with Gasteiger partial charge in [-0.2, -0.15) is 0 Å². The number of ketones is 1. The highest BCUT2D eigenvalue weighted by molar-refractivity contribution is 9.10. The number of hydrogen-bond acceptors (Lipinski definition) is 2. The Kier molecular flexibility index (Phi) is 5.10. The number of rotatable bonds is 2. The van der Waals surface area contributed by atoms with Crippen molar-refractivity contribution in [2.75, 3.05) is 20.6 Å². The first kappa shape index (κ1) is 12.2. The van der Waals surface area contributed by atoms with Crippen LogP contribution in [0.2, 0.25) is 0 Å². The number of carbonyl (C=O) groups excluding carboxylic acids is 1. The molecular formula is C11H20BrNO. The Morgan fingerprint density at radius 1 is 1.29 bits per heavy atom. The van der Waals surface area contributed by atoms with Crippen molar-refractivity contribution in [3.63, 3.8) is 0 Å². The molecule has 1 saturated carbocycles. The Morgan fingerprint density at radius 2 is 1.93 bits per heavy atom. The summed E-state index contributed by atoms with van der Waals surface area (Å²) in [7, 11) is 4.07. The number of hydrogen-bond donors (Lipinski definition) is 0. The van der Waals surface area contributed by atoms with Crippen LogP contribution in [0.4, 0.5) is 0 Å². The molecule has 3 heteroatoms. The van der Waals surface area contributed by atoms with Gasteiger partial charge in [0.25, 0.3) is 0 Å². The van der Waals surface area contributed by atoms with Crippen LogP contribution in [-0.2, 0) is 4.79 Å². The Morgan fingerprint density at radius 3 is 2.57 bits per heavy atom. The molecule has 2 atom stereocenters. The van der Waals surface area contributed by atoms with E-state index in [1.807, 2.05) is 14.1 Å². The highest BCUT2D eigenvalue weighted by atomic mass is 79.9. The molecule has 0 spiro atoms. The van der Waals surface area contributed by atoms with E-state index in [-0.39, 0.29) is 10.7 Å². The Labute approximate surface area is 95.2 Å². The van der Waals surface area contributed by atoms with Gasteiger partial charge in [-0.15, -0.1) is 0 Å². The zero-order chi connectivity index (χ0) is 10.6. The van der Waals surface area contributed by atoms with Crippen molar-refractivity contribution in [2.45, 2.75) is 36.9 Å². The molecule has 1 rings (SSSR count). The van der Waals surface area contributed by atoms with E-state index in [2.05, 4.69) is 20.8 Å². The minimum absolute atomic E-state index is 0.104. The molecule has 14 heavy (non-hydrogen) atoms. The molecule has 1 fully saturated rings. The number of carbonyl (C=O) groups is 1. The van der Waals surface area contributed by atoms with Gasteiger partial charge < -0.3 is 4.90 Å². The van der Waals surface area contributed by atoms with Crippen LogP contribution in [0.5, 0.6) is 0 Å². The van der Waals surface area contributed by atoms with Crippen LogP contribution >= 0.6 is 15.9 Å². The summed E-state index contributed by atoms with van der Waals surface area (Å²) in [6.07, 6.45) is 5.77. The van der Waals surface area contributed by atoms with Gasteiger partial charge in [0.1, 0.15) is 0 Å². The Hall–Kier alpha value is 0.110. The van der Waals surface area contributed by atoms with Crippen molar-refractivity contribution in [1.29, 1.82) is 0 Å². The first-order chi connectivity index (χ1) is 6.61. The van der Waals surface area contributed by atoms with Crippen molar-refractivity contribution in [2.24, 2.45) is 5.92 Å². The van der Waals surface area contributed by atoms with Crippen LogP contribution in [-0.4, -0.2) is 36.2 Å². The smallest absolute Gasteiger partial charge is 0.150 e. The standard InChI is InChI=1S/C11H20BrNO/c1-13(2)8-9-6-4-3-5-7-10(12)11(9)14/h9-10H,3-8H2,1-2H3/t9-,10+/m0/s1. The summed E-state index contributed by atoms with van der Waals surface area (Å²) in [4.78, 5) is 14.2. The van der Waals surface area contributed by atoms with Crippen molar-refractivity contribution in [3.05, 3.63) is 0 Å². The average Bonchev–Trinajstić information content (AvgIpc) is 2.11. The normalized spacial score (nSPS) is 30.1. The minimum Gasteiger partial charge on any atom is -0.309 e. The highest BCUT2D eigenvalue weighted by Gasteiger charge is 2.26. The van der Waals surface area contributed by atoms with E-state index >= 15 is 0 Å². The summed E-state index contributed by atoms with van der Waals surface area (Å²) in [6.45, 7) is 0.904. The summed E-state index contributed by atoms with van der Waals surface area (Å²) >= 11 is 3.50. The third-order valence-corrected chi connectivity index (χ3v) is 3.72. The van der Waals surface area contributed by atoms with Gasteiger partial charge in [-0.1, -0.05) is 35.2 Å². The fourth-order valence-corrected chi connectivity index (χ4v) is 2.75. The maximum Gasteiger partial charge on any atom is 0.150 e. The molecule has 0 bridgehead atoms. The lowest BCUT2D eigenvalue weighted by atomic mass is 9.89. The lowest BCUT2D eigenvalue weighted by Crippen LogP contribution is -2.33. The zero-order valence-electron chi connectivity index (χ0n) is 9.13. The summed E-state index contributed by atoms with van der Waals surface area (Å²) in [5.41, 5.74) is 0. The molecule has 2 nitrogen and oxygen atoms in total. The average molecular weight is 262 g/mol. The lowest BCUT2D eigenvalue weighted by Gasteiger charge is -2.24. The summed E-state index contributed by atoms with van der Waals surface area (Å²) in [5, 5.41) is 0. The van der Waals surface area contributed by atoms with Gasteiger partial charge in [0.2, 0.25) is 0 Å². The maximum absolute atomic E-state index is 12.0. The van der Waals surface area contributed by atoms with Crippen LogP contribution in [0.15, 0.2) is 0 Å². The second-order valence-electron chi connectivity index (χ2n) is 4.47. The van der Waals surface area contributed by atoms with Crippen LogP contribution in [0.3, 0.4) is 0 Å². The largest absolute Gasteiger partial charge is 0.309 e. The van der Waals surface area contributed by atoms with Crippen molar-refractivity contribution in [1.82, 2.24) is 4.90 Å². The van der Waals surface area contributed by atoms with E-state index in [1.54, 1.807) is 0 Å². The Balaban J connectivity index is 2.54. The van der Waals surface area contributed by atoms with Crippen molar-refractivity contribution in [3.8, 4) is 0 Å². The molecule has 0 aromatic carbocycles. The third kappa shape index (κ3) is 3.70. The second-order valence-corrected chi connectivity index (χ2v) is 5.57. The first-order valence-electron chi connectivity index (χ1n) is 5.44. The monoisotopic (exact) mass is 261 g/mol. The van der Waals surface area contributed by atoms with E-state index in [9.17, 15) is 4.79 Å². The third-order valence-electron chi connectivity index (χ3n) is 2.81. The maximum atomic E-state index is 12.0. The lowest BCUT2D eigenvalue weighted by molar-refractivity contribution is -0.123. The number of halogens is 1. The molecule has 0 aromatic rings. The van der Waals surface area contributed by atoms with E-state index in [1.165, 1.54) is 19.3 Å². The van der Waals surface area contributed by atoms with Gasteiger partial charge in [0.15, 0.2) is 5.78 Å². The molecule has 0 saturated heterocycles. The molecule has 0 N–H and O–H groups in total. The molecule has 0 aliphatic heterocycles. The van der Waals surface area contributed by atoms with Crippen LogP contribution in [0.25, 0.3) is 0 Å². The summed E-state index contributed by atoms with van der Waals surface area (Å²) in [5.74, 6) is 0.660. The molecule has 1 aliphatic carbocycles. The van der Waals surface area contributed by atoms with Gasteiger partial charge in [0, 0.05) is 12.5 Å². The first-order valence-corrected chi connectivity index (χ1v) is 6.35. The molecular weight excluding hydrogens is 242 g/mol. The molecule has 1 aliphatic rings. The van der Waals surface area contributed by atoms with Crippen molar-refractivity contribution >= 4 is 21.7 Å². The van der Waals surface area contributed by atoms with E-state index in [4.69, 9.17) is 0 Å². The van der Waals surface area contributed by atoms with Crippen LogP contribution in [0, 0.1) is 5.92 Å². The van der Waals surface area contributed by atoms with Crippen LogP contribution < -0.4 is 0 Å². The van der Waals surface area contributed by atoms with E-state index < -0.39 is 0 Å². The highest BCUT2D eigenvalue weighted by Crippen LogP contribution is 2.24. The summed E-state index contributed by atoms with van der Waals surface area (Å²) < 4.78 is 0. The topological polar surface area (TPSA) is 20.3 Å². The predicted molar refractivity (Wildman–Crippen MR) is 62.9 cm³/mol. The molecule has 0 aromatic heterocycles. The fraction of sp³-hybridized carbons (Fsp3) is 0.909.